The molecule has 0 bridgehead atoms. The molecule has 16 heavy (non-hydrogen) atoms. The molecule has 0 aliphatic carbocycles. The fraction of sp³-hybridized carbons (Fsp3) is 0.917. The molecule has 4 nitrogen and oxygen atoms in total. The molecular weight excluding hydrogens is 204 g/mol. The molecule has 0 aliphatic heterocycles. The van der Waals surface area contributed by atoms with Crippen LogP contribution in [0.2, 0.25) is 0 Å². The number of nitrogens with zero attached hydrogens (tertiary/aromatic N) is 1. The average Bonchev–Trinajstić information content (AvgIpc) is 2.17. The maximum Gasteiger partial charge on any atom is 0.323 e. The van der Waals surface area contributed by atoms with Crippen LogP contribution in [0.15, 0.2) is 0 Å². The Bertz CT molecular complexity index is 199. The van der Waals surface area contributed by atoms with E-state index < -0.39 is 11.5 Å². The maximum absolute atomic E-state index is 10.8. The molecule has 0 aromatic rings. The van der Waals surface area contributed by atoms with E-state index in [1.54, 1.807) is 6.92 Å². The van der Waals surface area contributed by atoms with Crippen molar-refractivity contribution in [1.29, 1.82) is 0 Å². The Morgan fingerprint density at radius 1 is 1.25 bits per heavy atom. The van der Waals surface area contributed by atoms with E-state index in [1.807, 2.05) is 0 Å². The first-order valence-electron chi connectivity index (χ1n) is 6.18. The number of carbonyl (C=O) groups is 1. The summed E-state index contributed by atoms with van der Waals surface area (Å²) < 4.78 is 0. The highest BCUT2D eigenvalue weighted by Gasteiger charge is 2.27. The molecule has 0 amide bonds. The third-order valence-corrected chi connectivity index (χ3v) is 2.74. The molecule has 96 valence electrons. The first kappa shape index (κ1) is 15.4. The topological polar surface area (TPSA) is 66.6 Å². The highest BCUT2D eigenvalue weighted by Crippen LogP contribution is 2.10. The summed E-state index contributed by atoms with van der Waals surface area (Å²) in [5, 5.41) is 8.87. The molecule has 0 aliphatic rings. The number of aliphatic carboxylic acids is 1. The molecule has 0 spiro atoms. The van der Waals surface area contributed by atoms with Gasteiger partial charge in [0.1, 0.15) is 5.54 Å². The summed E-state index contributed by atoms with van der Waals surface area (Å²) in [7, 11) is 0. The van der Waals surface area contributed by atoms with Crippen LogP contribution < -0.4 is 5.73 Å². The van der Waals surface area contributed by atoms with Gasteiger partial charge in [0, 0.05) is 0 Å². The molecule has 0 saturated carbocycles. The van der Waals surface area contributed by atoms with Crippen molar-refractivity contribution in [2.45, 2.75) is 52.0 Å². The Hall–Kier alpha value is -0.610. The molecule has 0 heterocycles. The quantitative estimate of drug-likeness (QED) is 0.632. The predicted molar refractivity (Wildman–Crippen MR) is 66.5 cm³/mol. The minimum Gasteiger partial charge on any atom is -0.480 e. The summed E-state index contributed by atoms with van der Waals surface area (Å²) >= 11 is 0. The SMILES string of the molecule is CCCN(CCC)CCCC(C)(N)C(=O)O. The van der Waals surface area contributed by atoms with Crippen LogP contribution in [0.3, 0.4) is 0 Å². The van der Waals surface area contributed by atoms with Gasteiger partial charge in [-0.2, -0.15) is 0 Å². The summed E-state index contributed by atoms with van der Waals surface area (Å²) in [5.41, 5.74) is 4.60. The van der Waals surface area contributed by atoms with E-state index in [2.05, 4.69) is 18.7 Å². The van der Waals surface area contributed by atoms with Gasteiger partial charge >= 0.3 is 5.97 Å². The van der Waals surface area contributed by atoms with E-state index in [1.165, 1.54) is 0 Å². The zero-order valence-electron chi connectivity index (χ0n) is 10.8. The van der Waals surface area contributed by atoms with Gasteiger partial charge in [-0.05, 0) is 52.2 Å². The molecule has 0 rings (SSSR count). The van der Waals surface area contributed by atoms with E-state index in [4.69, 9.17) is 10.8 Å². The van der Waals surface area contributed by atoms with Gasteiger partial charge in [-0.25, -0.2) is 0 Å². The molecule has 0 aromatic carbocycles. The number of hydrogen-bond donors (Lipinski definition) is 2. The Morgan fingerprint density at radius 2 is 1.75 bits per heavy atom. The van der Waals surface area contributed by atoms with E-state index in [0.29, 0.717) is 6.42 Å². The van der Waals surface area contributed by atoms with Crippen molar-refractivity contribution < 1.29 is 9.90 Å². The van der Waals surface area contributed by atoms with E-state index in [0.717, 1.165) is 38.9 Å². The zero-order valence-corrected chi connectivity index (χ0v) is 10.8. The number of carboxylic acids is 1. The smallest absolute Gasteiger partial charge is 0.323 e. The number of nitrogens with two attached hydrogens (primary N) is 1. The van der Waals surface area contributed by atoms with Crippen molar-refractivity contribution in [1.82, 2.24) is 4.90 Å². The minimum absolute atomic E-state index is 0.534. The molecule has 0 fully saturated rings. The number of hydrogen-bond acceptors (Lipinski definition) is 3. The standard InChI is InChI=1S/C12H26N2O2/c1-4-8-14(9-5-2)10-6-7-12(3,13)11(15)16/h4-10,13H2,1-3H3,(H,15,16). The van der Waals surface area contributed by atoms with E-state index in [9.17, 15) is 4.79 Å². The first-order chi connectivity index (χ1) is 7.44. The molecule has 0 saturated heterocycles. The molecule has 3 N–H and O–H groups in total. The summed E-state index contributed by atoms with van der Waals surface area (Å²) in [4.78, 5) is 13.2. The maximum atomic E-state index is 10.8. The van der Waals surface area contributed by atoms with Crippen LogP contribution in [-0.2, 0) is 4.79 Å². The van der Waals surface area contributed by atoms with Crippen LogP contribution in [0.1, 0.15) is 46.5 Å². The summed E-state index contributed by atoms with van der Waals surface area (Å²) in [6, 6.07) is 0. The van der Waals surface area contributed by atoms with Gasteiger partial charge < -0.3 is 15.7 Å². The molecule has 4 heteroatoms. The lowest BCUT2D eigenvalue weighted by molar-refractivity contribution is -0.142. The van der Waals surface area contributed by atoms with Gasteiger partial charge in [0.15, 0.2) is 0 Å². The average molecular weight is 230 g/mol. The van der Waals surface area contributed by atoms with Gasteiger partial charge in [-0.3, -0.25) is 4.79 Å². The lowest BCUT2D eigenvalue weighted by atomic mass is 9.97. The number of carboxylic acid groups (broad SMARTS) is 1. The Kier molecular flexibility index (Phi) is 7.34. The highest BCUT2D eigenvalue weighted by atomic mass is 16.4. The fourth-order valence-electron chi connectivity index (χ4n) is 1.74. The molecular formula is C12H26N2O2. The third-order valence-electron chi connectivity index (χ3n) is 2.74. The van der Waals surface area contributed by atoms with Crippen LogP contribution in [0.25, 0.3) is 0 Å². The lowest BCUT2D eigenvalue weighted by Gasteiger charge is -2.24. The third kappa shape index (κ3) is 6.08. The Labute approximate surface area is 98.8 Å². The molecule has 0 radical (unpaired) electrons. The van der Waals surface area contributed by atoms with Crippen molar-refractivity contribution in [3.8, 4) is 0 Å². The zero-order chi connectivity index (χ0) is 12.6. The Morgan fingerprint density at radius 3 is 2.12 bits per heavy atom. The monoisotopic (exact) mass is 230 g/mol. The van der Waals surface area contributed by atoms with Crippen LogP contribution in [-0.4, -0.2) is 41.1 Å². The van der Waals surface area contributed by atoms with E-state index in [-0.39, 0.29) is 0 Å². The minimum atomic E-state index is -1.08. The van der Waals surface area contributed by atoms with E-state index >= 15 is 0 Å². The Balaban J connectivity index is 3.88. The lowest BCUT2D eigenvalue weighted by Crippen LogP contribution is -2.45. The van der Waals surface area contributed by atoms with Crippen LogP contribution in [0, 0.1) is 0 Å². The molecule has 0 aromatic heterocycles. The van der Waals surface area contributed by atoms with Crippen LogP contribution >= 0.6 is 0 Å². The second-order valence-electron chi connectivity index (χ2n) is 4.67. The highest BCUT2D eigenvalue weighted by molar-refractivity contribution is 5.77. The summed E-state index contributed by atoms with van der Waals surface area (Å²) in [6.07, 6.45) is 3.66. The van der Waals surface area contributed by atoms with Gasteiger partial charge in [0.2, 0.25) is 0 Å². The van der Waals surface area contributed by atoms with Crippen LogP contribution in [0.5, 0.6) is 0 Å². The summed E-state index contributed by atoms with van der Waals surface area (Å²) in [5.74, 6) is -0.912. The van der Waals surface area contributed by atoms with Crippen molar-refractivity contribution in [2.24, 2.45) is 5.73 Å². The van der Waals surface area contributed by atoms with Gasteiger partial charge in [0.05, 0.1) is 0 Å². The summed E-state index contributed by atoms with van der Waals surface area (Å²) in [6.45, 7) is 9.02. The second kappa shape index (κ2) is 7.63. The normalized spacial score (nSPS) is 15.1. The van der Waals surface area contributed by atoms with Gasteiger partial charge in [-0.1, -0.05) is 13.8 Å². The van der Waals surface area contributed by atoms with Crippen LogP contribution in [0.4, 0.5) is 0 Å². The van der Waals surface area contributed by atoms with Crippen molar-refractivity contribution >= 4 is 5.97 Å². The van der Waals surface area contributed by atoms with Gasteiger partial charge in [-0.15, -0.1) is 0 Å². The molecule has 1 unspecified atom stereocenters. The fourth-order valence-corrected chi connectivity index (χ4v) is 1.74. The van der Waals surface area contributed by atoms with Crippen molar-refractivity contribution in [3.05, 3.63) is 0 Å². The number of rotatable bonds is 9. The van der Waals surface area contributed by atoms with Crippen molar-refractivity contribution in [2.75, 3.05) is 19.6 Å². The molecule has 1 atom stereocenters. The predicted octanol–water partition coefficient (Wildman–Crippen LogP) is 1.69. The van der Waals surface area contributed by atoms with Crippen molar-refractivity contribution in [3.63, 3.8) is 0 Å². The van der Waals surface area contributed by atoms with Gasteiger partial charge in [0.25, 0.3) is 0 Å². The first-order valence-corrected chi connectivity index (χ1v) is 6.18. The largest absolute Gasteiger partial charge is 0.480 e. The second-order valence-corrected chi connectivity index (χ2v) is 4.67.